The Morgan fingerprint density at radius 1 is 0.875 bits per heavy atom. The van der Waals surface area contributed by atoms with E-state index in [-0.39, 0.29) is 0 Å². The smallest absolute Gasteiger partial charge is 0.291 e. The lowest BCUT2D eigenvalue weighted by Crippen LogP contribution is -2.55. The lowest BCUT2D eigenvalue weighted by Gasteiger charge is -2.24. The highest BCUT2D eigenvalue weighted by Crippen LogP contribution is 2.28. The third-order valence-corrected chi connectivity index (χ3v) is 4.15. The molecule has 0 amide bonds. The first-order valence-electron chi connectivity index (χ1n) is 5.43. The maximum Gasteiger partial charge on any atom is 0.291 e. The summed E-state index contributed by atoms with van der Waals surface area (Å²) in [6, 6.07) is 17.2. The molecule has 3 rings (SSSR count). The van der Waals surface area contributed by atoms with E-state index in [0.717, 1.165) is 0 Å². The number of rotatable bonds is 1. The molecular weight excluding hydrogens is 213 g/mol. The van der Waals surface area contributed by atoms with Crippen LogP contribution in [0.25, 0.3) is 0 Å². The van der Waals surface area contributed by atoms with Crippen LogP contribution in [0.1, 0.15) is 0 Å². The molecule has 0 aromatic heterocycles. The van der Waals surface area contributed by atoms with Gasteiger partial charge >= 0.3 is 0 Å². The van der Waals surface area contributed by atoms with Gasteiger partial charge in [0.1, 0.15) is 0 Å². The third kappa shape index (κ3) is 1.48. The van der Waals surface area contributed by atoms with Gasteiger partial charge in [0, 0.05) is 9.79 Å². The van der Waals surface area contributed by atoms with Crippen molar-refractivity contribution in [3.63, 3.8) is 0 Å². The molecule has 78 valence electrons. The van der Waals surface area contributed by atoms with Gasteiger partial charge in [-0.1, -0.05) is 48.2 Å². The summed E-state index contributed by atoms with van der Waals surface area (Å²) in [5.74, 6) is 0. The van der Waals surface area contributed by atoms with Gasteiger partial charge in [0.15, 0.2) is 0 Å². The van der Waals surface area contributed by atoms with Gasteiger partial charge in [0.2, 0.25) is 0 Å². The minimum Gasteiger partial charge on any atom is -0.350 e. The van der Waals surface area contributed by atoms with Crippen molar-refractivity contribution in [3.05, 3.63) is 48.5 Å². The Kier molecular flexibility index (Phi) is 2.50. The van der Waals surface area contributed by atoms with E-state index in [1.165, 1.54) is 20.7 Å². The topological polar surface area (TPSA) is 12.0 Å². The molecule has 1 aliphatic heterocycles. The van der Waals surface area contributed by atoms with Crippen LogP contribution in [0.4, 0.5) is 0 Å². The predicted molar refractivity (Wildman–Crippen MR) is 71.1 cm³/mol. The molecule has 0 saturated heterocycles. The molecule has 1 N–H and O–H groups in total. The minimum atomic E-state index is 0.327. The number of fused-ring (bicyclic) bond motifs is 2. The predicted octanol–water partition coefficient (Wildman–Crippen LogP) is 1.48. The highest BCUT2D eigenvalue weighted by atomic mass is 32.2. The molecule has 1 aliphatic rings. The molecule has 0 aliphatic carbocycles. The van der Waals surface area contributed by atoms with Gasteiger partial charge in [-0.25, -0.2) is 0 Å². The zero-order chi connectivity index (χ0) is 11.0. The Bertz CT molecular complexity index is 481. The molecule has 3 heteroatoms. The summed E-state index contributed by atoms with van der Waals surface area (Å²) in [4.78, 5) is 2.72. The lowest BCUT2D eigenvalue weighted by molar-refractivity contribution is 1.21. The average molecular weight is 225 g/mol. The number of hydrogen-bond donors (Lipinski definition) is 1. The van der Waals surface area contributed by atoms with Crippen LogP contribution in [0.15, 0.2) is 58.3 Å². The fraction of sp³-hybridized carbons (Fsp3) is 0.0769. The van der Waals surface area contributed by atoms with Crippen molar-refractivity contribution in [1.29, 1.82) is 0 Å². The Balaban J connectivity index is 2.19. The lowest BCUT2D eigenvalue weighted by atomic mass is 9.51. The van der Waals surface area contributed by atoms with Crippen LogP contribution in [0.3, 0.4) is 0 Å². The summed E-state index contributed by atoms with van der Waals surface area (Å²) in [5.41, 5.74) is 2.77. The molecule has 0 atom stereocenters. The molecule has 0 saturated carbocycles. The molecule has 0 radical (unpaired) electrons. The van der Waals surface area contributed by atoms with Gasteiger partial charge in [-0.15, -0.1) is 0 Å². The fourth-order valence-electron chi connectivity index (χ4n) is 2.22. The van der Waals surface area contributed by atoms with E-state index in [9.17, 15) is 0 Å². The molecule has 1 heterocycles. The monoisotopic (exact) mass is 225 g/mol. The summed E-state index contributed by atoms with van der Waals surface area (Å²) < 4.78 is 0. The van der Waals surface area contributed by atoms with E-state index >= 15 is 0 Å². The number of nitrogens with one attached hydrogen (secondary N) is 1. The SMILES string of the molecule is CNB1c2ccccc2Sc2ccccc21. The highest BCUT2D eigenvalue weighted by molar-refractivity contribution is 8.00. The van der Waals surface area contributed by atoms with Crippen LogP contribution in [0, 0.1) is 0 Å². The first-order chi connectivity index (χ1) is 7.90. The van der Waals surface area contributed by atoms with E-state index in [0.29, 0.717) is 6.85 Å². The van der Waals surface area contributed by atoms with Gasteiger partial charge in [0.05, 0.1) is 0 Å². The largest absolute Gasteiger partial charge is 0.350 e. The van der Waals surface area contributed by atoms with Crippen LogP contribution in [-0.2, 0) is 0 Å². The Morgan fingerprint density at radius 2 is 1.38 bits per heavy atom. The summed E-state index contributed by atoms with van der Waals surface area (Å²) in [7, 11) is 2.02. The maximum atomic E-state index is 3.40. The quantitative estimate of drug-likeness (QED) is 0.737. The molecule has 2 aromatic rings. The Labute approximate surface area is 100 Å². The van der Waals surface area contributed by atoms with E-state index < -0.39 is 0 Å². The van der Waals surface area contributed by atoms with Crippen molar-refractivity contribution < 1.29 is 0 Å². The standard InChI is InChI=1S/C13H12BNS/c1-15-14-10-6-2-4-8-12(10)16-13-9-5-3-7-11(13)14/h2-9,15H,1H3. The summed E-state index contributed by atoms with van der Waals surface area (Å²) in [5, 5.41) is 3.40. The normalized spacial score (nSPS) is 13.2. The Hall–Kier alpha value is -1.19. The zero-order valence-electron chi connectivity index (χ0n) is 9.10. The van der Waals surface area contributed by atoms with Crippen molar-refractivity contribution in [1.82, 2.24) is 5.23 Å². The summed E-state index contributed by atoms with van der Waals surface area (Å²) >= 11 is 1.86. The fourth-order valence-corrected chi connectivity index (χ4v) is 3.36. The zero-order valence-corrected chi connectivity index (χ0v) is 9.92. The third-order valence-electron chi connectivity index (χ3n) is 2.97. The minimum absolute atomic E-state index is 0.327. The van der Waals surface area contributed by atoms with Crippen LogP contribution in [-0.4, -0.2) is 13.9 Å². The van der Waals surface area contributed by atoms with Crippen molar-refractivity contribution in [2.75, 3.05) is 7.05 Å². The van der Waals surface area contributed by atoms with Crippen molar-refractivity contribution in [2.45, 2.75) is 9.79 Å². The Morgan fingerprint density at radius 3 is 1.88 bits per heavy atom. The van der Waals surface area contributed by atoms with E-state index in [2.05, 4.69) is 53.8 Å². The maximum absolute atomic E-state index is 3.40. The molecule has 1 nitrogen and oxygen atoms in total. The molecule has 0 bridgehead atoms. The van der Waals surface area contributed by atoms with E-state index in [1.807, 2.05) is 18.8 Å². The van der Waals surface area contributed by atoms with Gasteiger partial charge in [-0.2, -0.15) is 0 Å². The van der Waals surface area contributed by atoms with Gasteiger partial charge < -0.3 is 5.23 Å². The van der Waals surface area contributed by atoms with Crippen molar-refractivity contribution >= 4 is 29.5 Å². The van der Waals surface area contributed by atoms with Gasteiger partial charge in [-0.3, -0.25) is 0 Å². The van der Waals surface area contributed by atoms with E-state index in [4.69, 9.17) is 0 Å². The van der Waals surface area contributed by atoms with Gasteiger partial charge in [0.25, 0.3) is 6.85 Å². The molecule has 0 fully saturated rings. The number of hydrogen-bond acceptors (Lipinski definition) is 2. The van der Waals surface area contributed by atoms with Crippen LogP contribution >= 0.6 is 11.8 Å². The summed E-state index contributed by atoms with van der Waals surface area (Å²) in [6.45, 7) is 0.327. The molecule has 2 aromatic carbocycles. The van der Waals surface area contributed by atoms with Crippen molar-refractivity contribution in [3.8, 4) is 0 Å². The first kappa shape index (κ1) is 10.0. The average Bonchev–Trinajstić information content (AvgIpc) is 2.36. The molecule has 0 spiro atoms. The second kappa shape index (κ2) is 4.00. The van der Waals surface area contributed by atoms with E-state index in [1.54, 1.807) is 0 Å². The second-order valence-corrected chi connectivity index (χ2v) is 4.98. The molecule has 16 heavy (non-hydrogen) atoms. The van der Waals surface area contributed by atoms with Gasteiger partial charge in [-0.05, 0) is 30.1 Å². The molecule has 0 unspecified atom stereocenters. The van der Waals surface area contributed by atoms with Crippen LogP contribution < -0.4 is 16.2 Å². The van der Waals surface area contributed by atoms with Crippen molar-refractivity contribution in [2.24, 2.45) is 0 Å². The second-order valence-electron chi connectivity index (χ2n) is 3.90. The first-order valence-corrected chi connectivity index (χ1v) is 6.25. The van der Waals surface area contributed by atoms with Crippen LogP contribution in [0.2, 0.25) is 0 Å². The molecular formula is C13H12BNS. The summed E-state index contributed by atoms with van der Waals surface area (Å²) in [6.07, 6.45) is 0. The number of benzene rings is 2. The highest BCUT2D eigenvalue weighted by Gasteiger charge is 2.27. The van der Waals surface area contributed by atoms with Crippen LogP contribution in [0.5, 0.6) is 0 Å².